The van der Waals surface area contributed by atoms with E-state index in [1.54, 1.807) is 0 Å². The Kier molecular flexibility index (Phi) is 102. The first-order chi connectivity index (χ1) is 1.41. The molecule has 0 rings (SSSR count). The molecule has 0 fully saturated rings. The van der Waals surface area contributed by atoms with E-state index in [2.05, 4.69) is 0 Å². The number of rotatable bonds is 0. The summed E-state index contributed by atoms with van der Waals surface area (Å²) in [6.07, 6.45) is 0. The van der Waals surface area contributed by atoms with Crippen LogP contribution in [0.15, 0.2) is 0 Å². The Morgan fingerprint density at radius 2 is 1.60 bits per heavy atom. The summed E-state index contributed by atoms with van der Waals surface area (Å²) in [6.45, 7) is 0. The third-order valence-electron chi connectivity index (χ3n) is 0. The Labute approximate surface area is 37.7 Å². The predicted octanol–water partition coefficient (Wildman–Crippen LogP) is 0.501. The molecule has 0 aromatic rings. The zero-order valence-corrected chi connectivity index (χ0v) is 4.29. The molecule has 0 saturated heterocycles. The quantitative estimate of drug-likeness (QED) is 0.455. The number of hydrogen-bond donors (Lipinski definition) is 2. The Bertz CT molecular complexity index is 17.1. The smallest absolute Gasteiger partial charge is 0.344 e. The maximum atomic E-state index is 8.51. The van der Waals surface area contributed by atoms with Crippen LogP contribution in [0.2, 0.25) is 0 Å². The van der Waals surface area contributed by atoms with E-state index >= 15 is 0 Å². The van der Waals surface area contributed by atoms with E-state index < -0.39 is 8.69 Å². The highest BCUT2D eigenvalue weighted by atomic mass is 35.5. The van der Waals surface area contributed by atoms with Gasteiger partial charge in [0.2, 0.25) is 0 Å². The molecule has 34 valence electrons. The fourth-order valence-corrected chi connectivity index (χ4v) is 0. The Morgan fingerprint density at radius 1 is 1.60 bits per heavy atom. The monoisotopic (exact) mass is 118 g/mol. The summed E-state index contributed by atoms with van der Waals surface area (Å²) < 4.78 is 8.51. The maximum absolute atomic E-state index is 8.51. The van der Waals surface area contributed by atoms with Crippen molar-refractivity contribution in [2.75, 3.05) is 0 Å². The molecular formula is H6ClNO2P+. The molecule has 0 aromatic heterocycles. The van der Waals surface area contributed by atoms with Gasteiger partial charge >= 0.3 is 8.69 Å². The standard InChI is InChI=1S/ClH.H3N.HO2P/c;;1-3-2/h1H;1H3;3H/p+1. The summed E-state index contributed by atoms with van der Waals surface area (Å²) in [5, 5.41) is 0. The van der Waals surface area contributed by atoms with Crippen molar-refractivity contribution in [1.29, 1.82) is 0 Å². The third-order valence-corrected chi connectivity index (χ3v) is 0. The molecule has 0 aromatic carbocycles. The lowest BCUT2D eigenvalue weighted by Crippen LogP contribution is -1.03. The Balaban J connectivity index is -0.0000000200. The molecule has 4 N–H and O–H groups in total. The van der Waals surface area contributed by atoms with Crippen LogP contribution in [0.3, 0.4) is 0 Å². The van der Waals surface area contributed by atoms with Crippen LogP contribution < -0.4 is 6.15 Å². The first kappa shape index (κ1) is 18.5. The van der Waals surface area contributed by atoms with E-state index in [0.29, 0.717) is 0 Å². The normalized spacial score (nSPS) is 4.20. The topological polar surface area (TPSA) is 72.3 Å². The lowest BCUT2D eigenvalue weighted by Gasteiger charge is -1.08. The molecule has 0 aliphatic rings. The Morgan fingerprint density at radius 3 is 1.60 bits per heavy atom. The molecule has 5 heavy (non-hydrogen) atoms. The molecule has 3 nitrogen and oxygen atoms in total. The minimum Gasteiger partial charge on any atom is -0.344 e. The van der Waals surface area contributed by atoms with Gasteiger partial charge in [0, 0.05) is 0 Å². The summed E-state index contributed by atoms with van der Waals surface area (Å²) in [5.41, 5.74) is 0. The minimum atomic E-state index is -1.17. The highest BCUT2D eigenvalue weighted by molar-refractivity contribution is 7.16. The van der Waals surface area contributed by atoms with Gasteiger partial charge in [0.15, 0.2) is 0 Å². The van der Waals surface area contributed by atoms with Crippen molar-refractivity contribution in [1.82, 2.24) is 6.15 Å². The van der Waals surface area contributed by atoms with Gasteiger partial charge in [0.05, 0.1) is 0 Å². The van der Waals surface area contributed by atoms with E-state index in [0.717, 1.165) is 0 Å². The van der Waals surface area contributed by atoms with Crippen molar-refractivity contribution in [2.45, 2.75) is 0 Å². The van der Waals surface area contributed by atoms with Gasteiger partial charge < -0.3 is 6.15 Å². The SMILES string of the molecule is Cl.N.O=[PH+]O. The minimum absolute atomic E-state index is 0. The molecule has 5 heteroatoms. The Hall–Kier alpha value is 0.310. The van der Waals surface area contributed by atoms with Crippen molar-refractivity contribution < 1.29 is 9.46 Å². The van der Waals surface area contributed by atoms with Crippen molar-refractivity contribution >= 4 is 21.1 Å². The summed E-state index contributed by atoms with van der Waals surface area (Å²) in [7, 11) is -1.17. The maximum Gasteiger partial charge on any atom is 0.491 e. The van der Waals surface area contributed by atoms with Crippen molar-refractivity contribution in [3.63, 3.8) is 0 Å². The lowest BCUT2D eigenvalue weighted by molar-refractivity contribution is 0.524. The molecule has 0 saturated carbocycles. The highest BCUT2D eigenvalue weighted by Crippen LogP contribution is 1.66. The van der Waals surface area contributed by atoms with Crippen molar-refractivity contribution in [2.24, 2.45) is 0 Å². The molecule has 1 atom stereocenters. The van der Waals surface area contributed by atoms with Crippen LogP contribution in [0.5, 0.6) is 0 Å². The van der Waals surface area contributed by atoms with Crippen LogP contribution in [-0.2, 0) is 4.57 Å². The molecule has 0 heterocycles. The molecule has 0 amide bonds. The summed E-state index contributed by atoms with van der Waals surface area (Å²) in [4.78, 5) is 7.04. The van der Waals surface area contributed by atoms with Crippen LogP contribution in [0.25, 0.3) is 0 Å². The highest BCUT2D eigenvalue weighted by Gasteiger charge is 1.45. The van der Waals surface area contributed by atoms with Gasteiger partial charge in [-0.2, -0.15) is 4.89 Å². The summed E-state index contributed by atoms with van der Waals surface area (Å²) in [6, 6.07) is 0. The van der Waals surface area contributed by atoms with Crippen LogP contribution in [0.4, 0.5) is 0 Å². The van der Waals surface area contributed by atoms with Crippen LogP contribution in [-0.4, -0.2) is 4.89 Å². The zero-order chi connectivity index (χ0) is 2.71. The molecule has 0 radical (unpaired) electrons. The van der Waals surface area contributed by atoms with Crippen LogP contribution >= 0.6 is 21.1 Å². The second kappa shape index (κ2) is 27.5. The van der Waals surface area contributed by atoms with Gasteiger partial charge in [-0.25, -0.2) is 0 Å². The predicted molar refractivity (Wildman–Crippen MR) is 23.5 cm³/mol. The molecular weight excluding hydrogens is 112 g/mol. The van der Waals surface area contributed by atoms with E-state index in [4.69, 9.17) is 9.46 Å². The lowest BCUT2D eigenvalue weighted by atomic mass is 14.0. The molecule has 0 aliphatic carbocycles. The van der Waals surface area contributed by atoms with Crippen LogP contribution in [0.1, 0.15) is 0 Å². The van der Waals surface area contributed by atoms with Gasteiger partial charge in [-0.15, -0.1) is 12.4 Å². The second-order valence-corrected chi connectivity index (χ2v) is 0.274. The first-order valence-electron chi connectivity index (χ1n) is 0.428. The van der Waals surface area contributed by atoms with E-state index in [9.17, 15) is 0 Å². The molecule has 0 bridgehead atoms. The fourth-order valence-electron chi connectivity index (χ4n) is 0. The van der Waals surface area contributed by atoms with E-state index in [1.807, 2.05) is 0 Å². The van der Waals surface area contributed by atoms with Gasteiger partial charge in [0.25, 0.3) is 0 Å². The average Bonchev–Trinajstić information content (AvgIpc) is 0.918. The second-order valence-electron chi connectivity index (χ2n) is 0.0913. The number of halogens is 1. The first-order valence-corrected chi connectivity index (χ1v) is 1.28. The zero-order valence-electron chi connectivity index (χ0n) is 2.47. The van der Waals surface area contributed by atoms with Crippen LogP contribution in [0, 0.1) is 0 Å². The molecule has 0 aliphatic heterocycles. The van der Waals surface area contributed by atoms with Gasteiger partial charge in [-0.1, -0.05) is 0 Å². The van der Waals surface area contributed by atoms with Gasteiger partial charge in [-0.05, 0) is 4.57 Å². The summed E-state index contributed by atoms with van der Waals surface area (Å²) in [5.74, 6) is 0. The average molecular weight is 118 g/mol. The van der Waals surface area contributed by atoms with E-state index in [1.165, 1.54) is 0 Å². The fraction of sp³-hybridized carbons (Fsp3) is 0. The largest absolute Gasteiger partial charge is 0.491 e. The molecule has 0 spiro atoms. The summed E-state index contributed by atoms with van der Waals surface area (Å²) >= 11 is 0. The third kappa shape index (κ3) is 239. The van der Waals surface area contributed by atoms with Crippen molar-refractivity contribution in [3.8, 4) is 0 Å². The van der Waals surface area contributed by atoms with E-state index in [-0.39, 0.29) is 18.6 Å². The van der Waals surface area contributed by atoms with Gasteiger partial charge in [-0.3, -0.25) is 0 Å². The molecule has 1 unspecified atom stereocenters. The number of hydrogen-bond acceptors (Lipinski definition) is 2. The van der Waals surface area contributed by atoms with Crippen molar-refractivity contribution in [3.05, 3.63) is 0 Å². The van der Waals surface area contributed by atoms with Gasteiger partial charge in [0.1, 0.15) is 0 Å².